The molecule has 1 aromatic heterocycles. The number of rotatable bonds is 4. The highest BCUT2D eigenvalue weighted by Gasteiger charge is 2.39. The van der Waals surface area contributed by atoms with Gasteiger partial charge in [-0.05, 0) is 44.0 Å². The number of carbonyl (C=O) groups excluding carboxylic acids is 1. The Morgan fingerprint density at radius 3 is 2.68 bits per heavy atom. The van der Waals surface area contributed by atoms with Crippen molar-refractivity contribution in [2.75, 3.05) is 20.2 Å². The largest absolute Gasteiger partial charge is 0.497 e. The second-order valence-electron chi connectivity index (χ2n) is 6.45. The highest BCUT2D eigenvalue weighted by Crippen LogP contribution is 2.32. The molecule has 0 radical (unpaired) electrons. The lowest BCUT2D eigenvalue weighted by Crippen LogP contribution is -2.48. The SMILES string of the molecule is COc1ccc(-c2ncc(C(=O)N3CCCC(C)(C(=O)O)C3)s2)cc1. The molecule has 1 unspecified atom stereocenters. The number of hydrogen-bond donors (Lipinski definition) is 1. The summed E-state index contributed by atoms with van der Waals surface area (Å²) in [5.41, 5.74) is 0.0381. The van der Waals surface area contributed by atoms with Crippen LogP contribution in [-0.4, -0.2) is 47.1 Å². The average Bonchev–Trinajstić information content (AvgIpc) is 3.11. The van der Waals surface area contributed by atoms with E-state index in [1.54, 1.807) is 25.1 Å². The first-order chi connectivity index (χ1) is 11.9. The van der Waals surface area contributed by atoms with Crippen LogP contribution in [0.25, 0.3) is 10.6 Å². The highest BCUT2D eigenvalue weighted by molar-refractivity contribution is 7.16. The van der Waals surface area contributed by atoms with Gasteiger partial charge >= 0.3 is 5.97 Å². The van der Waals surface area contributed by atoms with Gasteiger partial charge in [-0.25, -0.2) is 4.98 Å². The van der Waals surface area contributed by atoms with Gasteiger partial charge in [-0.15, -0.1) is 11.3 Å². The van der Waals surface area contributed by atoms with Gasteiger partial charge in [-0.1, -0.05) is 0 Å². The minimum atomic E-state index is -0.878. The molecule has 1 atom stereocenters. The van der Waals surface area contributed by atoms with Crippen LogP contribution in [0.15, 0.2) is 30.5 Å². The first-order valence-corrected chi connectivity index (χ1v) is 8.87. The maximum absolute atomic E-state index is 12.7. The van der Waals surface area contributed by atoms with E-state index in [1.807, 2.05) is 24.3 Å². The van der Waals surface area contributed by atoms with E-state index in [-0.39, 0.29) is 12.5 Å². The van der Waals surface area contributed by atoms with Crippen LogP contribution in [0.1, 0.15) is 29.4 Å². The summed E-state index contributed by atoms with van der Waals surface area (Å²) in [4.78, 5) is 30.7. The molecule has 0 bridgehead atoms. The molecule has 25 heavy (non-hydrogen) atoms. The zero-order valence-electron chi connectivity index (χ0n) is 14.2. The van der Waals surface area contributed by atoms with E-state index in [2.05, 4.69) is 4.98 Å². The number of aromatic nitrogens is 1. The fraction of sp³-hybridized carbons (Fsp3) is 0.389. The van der Waals surface area contributed by atoms with Crippen LogP contribution in [0.2, 0.25) is 0 Å². The minimum Gasteiger partial charge on any atom is -0.497 e. The van der Waals surface area contributed by atoms with Crippen molar-refractivity contribution in [1.82, 2.24) is 9.88 Å². The molecule has 2 aromatic rings. The summed E-state index contributed by atoms with van der Waals surface area (Å²) < 4.78 is 5.14. The van der Waals surface area contributed by atoms with E-state index < -0.39 is 11.4 Å². The predicted molar refractivity (Wildman–Crippen MR) is 95.0 cm³/mol. The average molecular weight is 360 g/mol. The van der Waals surface area contributed by atoms with Crippen molar-refractivity contribution in [2.24, 2.45) is 5.41 Å². The van der Waals surface area contributed by atoms with Crippen molar-refractivity contribution in [1.29, 1.82) is 0 Å². The monoisotopic (exact) mass is 360 g/mol. The lowest BCUT2D eigenvalue weighted by Gasteiger charge is -2.37. The molecule has 132 valence electrons. The van der Waals surface area contributed by atoms with Crippen LogP contribution >= 0.6 is 11.3 Å². The fourth-order valence-electron chi connectivity index (χ4n) is 2.98. The van der Waals surface area contributed by atoms with Crippen molar-refractivity contribution < 1.29 is 19.4 Å². The zero-order valence-corrected chi connectivity index (χ0v) is 15.0. The van der Waals surface area contributed by atoms with Gasteiger partial charge in [0.15, 0.2) is 0 Å². The summed E-state index contributed by atoms with van der Waals surface area (Å²) in [6.07, 6.45) is 2.85. The molecule has 6 nitrogen and oxygen atoms in total. The Morgan fingerprint density at radius 2 is 2.04 bits per heavy atom. The minimum absolute atomic E-state index is 0.149. The van der Waals surface area contributed by atoms with Gasteiger partial charge in [-0.3, -0.25) is 9.59 Å². The third-order valence-electron chi connectivity index (χ3n) is 4.55. The summed E-state index contributed by atoms with van der Waals surface area (Å²) in [5, 5.41) is 10.2. The second kappa shape index (κ2) is 6.84. The summed E-state index contributed by atoms with van der Waals surface area (Å²) in [7, 11) is 1.61. The number of amides is 1. The molecular weight excluding hydrogens is 340 g/mol. The zero-order chi connectivity index (χ0) is 18.0. The van der Waals surface area contributed by atoms with Crippen LogP contribution in [0.4, 0.5) is 0 Å². The van der Waals surface area contributed by atoms with E-state index in [9.17, 15) is 14.7 Å². The molecule has 1 saturated heterocycles. The number of carboxylic acids is 1. The van der Waals surface area contributed by atoms with Gasteiger partial charge in [0.25, 0.3) is 5.91 Å². The predicted octanol–water partition coefficient (Wildman–Crippen LogP) is 3.15. The van der Waals surface area contributed by atoms with Crippen LogP contribution < -0.4 is 4.74 Å². The van der Waals surface area contributed by atoms with Crippen molar-refractivity contribution in [3.63, 3.8) is 0 Å². The quantitative estimate of drug-likeness (QED) is 0.906. The fourth-order valence-corrected chi connectivity index (χ4v) is 3.87. The van der Waals surface area contributed by atoms with Crippen molar-refractivity contribution in [3.05, 3.63) is 35.3 Å². The number of piperidine rings is 1. The van der Waals surface area contributed by atoms with Gasteiger partial charge in [-0.2, -0.15) is 0 Å². The molecule has 1 fully saturated rings. The number of nitrogens with zero attached hydrogens (tertiary/aromatic N) is 2. The number of likely N-dealkylation sites (tertiary alicyclic amines) is 1. The van der Waals surface area contributed by atoms with Crippen LogP contribution in [-0.2, 0) is 4.79 Å². The Labute approximate surface area is 150 Å². The maximum Gasteiger partial charge on any atom is 0.311 e. The van der Waals surface area contributed by atoms with Crippen LogP contribution in [0.3, 0.4) is 0 Å². The first-order valence-electron chi connectivity index (χ1n) is 8.06. The summed E-state index contributed by atoms with van der Waals surface area (Å²) in [6.45, 7) is 2.51. The lowest BCUT2D eigenvalue weighted by molar-refractivity contribution is -0.150. The number of hydrogen-bond acceptors (Lipinski definition) is 5. The molecule has 1 amide bonds. The van der Waals surface area contributed by atoms with Crippen molar-refractivity contribution in [2.45, 2.75) is 19.8 Å². The smallest absolute Gasteiger partial charge is 0.311 e. The standard InChI is InChI=1S/C18H20N2O4S/c1-18(17(22)23)8-3-9-20(11-18)16(21)14-10-19-15(25-14)12-4-6-13(24-2)7-5-12/h4-7,10H,3,8-9,11H2,1-2H3,(H,22,23). The van der Waals surface area contributed by atoms with Gasteiger partial charge in [0.05, 0.1) is 18.7 Å². The molecule has 0 saturated carbocycles. The molecular formula is C18H20N2O4S. The van der Waals surface area contributed by atoms with Crippen molar-refractivity contribution >= 4 is 23.2 Å². The van der Waals surface area contributed by atoms with Crippen molar-refractivity contribution in [3.8, 4) is 16.3 Å². The molecule has 1 N–H and O–H groups in total. The van der Waals surface area contributed by atoms with Gasteiger partial charge in [0.2, 0.25) is 0 Å². The molecule has 7 heteroatoms. The van der Waals surface area contributed by atoms with Crippen LogP contribution in [0, 0.1) is 5.41 Å². The van der Waals surface area contributed by atoms with E-state index in [4.69, 9.17) is 4.74 Å². The molecule has 1 aliphatic rings. The van der Waals surface area contributed by atoms with Gasteiger partial charge in [0.1, 0.15) is 15.6 Å². The highest BCUT2D eigenvalue weighted by atomic mass is 32.1. The Morgan fingerprint density at radius 1 is 1.32 bits per heavy atom. The second-order valence-corrected chi connectivity index (χ2v) is 7.48. The number of carboxylic acid groups (broad SMARTS) is 1. The van der Waals surface area contributed by atoms with Gasteiger partial charge < -0.3 is 14.7 Å². The molecule has 1 aliphatic heterocycles. The molecule has 2 heterocycles. The van der Waals surface area contributed by atoms with E-state index in [0.717, 1.165) is 16.3 Å². The molecule has 3 rings (SSSR count). The summed E-state index contributed by atoms with van der Waals surface area (Å²) in [6, 6.07) is 7.49. The number of thiazole rings is 1. The number of benzene rings is 1. The summed E-state index contributed by atoms with van der Waals surface area (Å²) >= 11 is 1.32. The lowest BCUT2D eigenvalue weighted by atomic mass is 9.82. The molecule has 1 aromatic carbocycles. The number of aliphatic carboxylic acids is 1. The normalized spacial score (nSPS) is 20.3. The third kappa shape index (κ3) is 3.51. The third-order valence-corrected chi connectivity index (χ3v) is 5.59. The van der Waals surface area contributed by atoms with Crippen LogP contribution in [0.5, 0.6) is 5.75 Å². The number of carbonyl (C=O) groups is 2. The number of ether oxygens (including phenoxy) is 1. The Balaban J connectivity index is 1.77. The first kappa shape index (κ1) is 17.4. The van der Waals surface area contributed by atoms with E-state index in [0.29, 0.717) is 24.3 Å². The Kier molecular flexibility index (Phi) is 4.76. The van der Waals surface area contributed by atoms with E-state index in [1.165, 1.54) is 11.3 Å². The van der Waals surface area contributed by atoms with Gasteiger partial charge in [0, 0.05) is 18.7 Å². The topological polar surface area (TPSA) is 79.7 Å². The number of methoxy groups -OCH3 is 1. The Hall–Kier alpha value is -2.41. The maximum atomic E-state index is 12.7. The van der Waals surface area contributed by atoms with E-state index >= 15 is 0 Å². The molecule has 0 aliphatic carbocycles. The summed E-state index contributed by atoms with van der Waals surface area (Å²) in [5.74, 6) is -0.240. The Bertz CT molecular complexity index is 787. The molecule has 0 spiro atoms.